The van der Waals surface area contributed by atoms with Crippen LogP contribution in [0.4, 0.5) is 0 Å². The normalized spacial score (nSPS) is 10.3. The van der Waals surface area contributed by atoms with Gasteiger partial charge in [0.2, 0.25) is 0 Å². The first-order valence-corrected chi connectivity index (χ1v) is 6.59. The Balaban J connectivity index is 2.31. The zero-order chi connectivity index (χ0) is 15.3. The van der Waals surface area contributed by atoms with Crippen molar-refractivity contribution in [3.05, 3.63) is 34.9 Å². The predicted molar refractivity (Wildman–Crippen MR) is 80.1 cm³/mol. The summed E-state index contributed by atoms with van der Waals surface area (Å²) in [5, 5.41) is 7.10. The fourth-order valence-corrected chi connectivity index (χ4v) is 1.64. The number of carbonyl (C=O) groups excluding carboxylic acids is 2. The molecule has 1 aromatic carbocycles. The molecular weight excluding hydrogens is 272 g/mol. The van der Waals surface area contributed by atoms with Gasteiger partial charge in [0.05, 0.1) is 6.21 Å². The maximum Gasteiger partial charge on any atom is 0.150 e. The van der Waals surface area contributed by atoms with Crippen molar-refractivity contribution in [2.45, 2.75) is 19.3 Å². The minimum absolute atomic E-state index is 0.428. The summed E-state index contributed by atoms with van der Waals surface area (Å²) in [6.07, 6.45) is 5.53. The van der Waals surface area contributed by atoms with Gasteiger partial charge in [-0.25, -0.2) is 0 Å². The van der Waals surface area contributed by atoms with Gasteiger partial charge in [-0.05, 0) is 43.0 Å². The fraction of sp³-hybridized carbons (Fsp3) is 0.333. The maximum atomic E-state index is 10.7. The van der Waals surface area contributed by atoms with Gasteiger partial charge in [-0.2, -0.15) is 0 Å². The number of oxime groups is 2. The lowest BCUT2D eigenvalue weighted by atomic mass is 10.1. The van der Waals surface area contributed by atoms with Gasteiger partial charge in [-0.15, -0.1) is 5.16 Å². The summed E-state index contributed by atoms with van der Waals surface area (Å²) in [7, 11) is 0. The van der Waals surface area contributed by atoms with Crippen molar-refractivity contribution in [1.29, 1.82) is 0 Å². The van der Waals surface area contributed by atoms with Crippen molar-refractivity contribution in [3.8, 4) is 0 Å². The quantitative estimate of drug-likeness (QED) is 0.271. The number of unbranched alkanes of at least 4 members (excludes halogenated alkanes) is 2. The number of benzene rings is 1. The molecule has 112 valence electrons. The summed E-state index contributed by atoms with van der Waals surface area (Å²) in [5.41, 5.74) is 1.50. The van der Waals surface area contributed by atoms with E-state index in [4.69, 9.17) is 9.68 Å². The Morgan fingerprint density at radius 1 is 0.905 bits per heavy atom. The van der Waals surface area contributed by atoms with Crippen molar-refractivity contribution in [2.24, 2.45) is 10.3 Å². The maximum absolute atomic E-state index is 10.7. The number of hydrogen-bond acceptors (Lipinski definition) is 6. The average molecular weight is 290 g/mol. The molecule has 0 heterocycles. The molecule has 0 saturated heterocycles. The van der Waals surface area contributed by atoms with Gasteiger partial charge in [-0.1, -0.05) is 5.16 Å². The number of nitrogens with zero attached hydrogens (tertiary/aromatic N) is 2. The molecule has 0 unspecified atom stereocenters. The highest BCUT2D eigenvalue weighted by Gasteiger charge is 1.98. The Kier molecular flexibility index (Phi) is 8.12. The van der Waals surface area contributed by atoms with Crippen LogP contribution in [0.5, 0.6) is 0 Å². The van der Waals surface area contributed by atoms with Crippen molar-refractivity contribution < 1.29 is 19.3 Å². The van der Waals surface area contributed by atoms with Gasteiger partial charge >= 0.3 is 0 Å². The third-order valence-corrected chi connectivity index (χ3v) is 2.61. The largest absolute Gasteiger partial charge is 0.396 e. The van der Waals surface area contributed by atoms with Crippen LogP contribution >= 0.6 is 0 Å². The molecule has 0 aromatic heterocycles. The van der Waals surface area contributed by atoms with Gasteiger partial charge in [0.1, 0.15) is 25.8 Å². The Bertz CT molecular complexity index is 474. The van der Waals surface area contributed by atoms with Gasteiger partial charge in [0.25, 0.3) is 0 Å². The number of rotatable bonds is 11. The van der Waals surface area contributed by atoms with Crippen LogP contribution in [0.25, 0.3) is 0 Å². The molecule has 6 heteroatoms. The molecule has 0 bridgehead atoms. The molecule has 0 amide bonds. The van der Waals surface area contributed by atoms with Gasteiger partial charge < -0.3 is 9.68 Å². The second-order valence-corrected chi connectivity index (χ2v) is 4.26. The van der Waals surface area contributed by atoms with E-state index in [0.717, 1.165) is 19.3 Å². The van der Waals surface area contributed by atoms with E-state index in [-0.39, 0.29) is 0 Å². The van der Waals surface area contributed by atoms with Crippen molar-refractivity contribution >= 4 is 25.5 Å². The summed E-state index contributed by atoms with van der Waals surface area (Å²) in [6.45, 7) is 4.26. The monoisotopic (exact) mass is 290 g/mol. The average Bonchev–Trinajstić information content (AvgIpc) is 2.52. The second kappa shape index (κ2) is 10.3. The van der Waals surface area contributed by atoms with E-state index >= 15 is 0 Å². The predicted octanol–water partition coefficient (Wildman–Crippen LogP) is 2.46. The molecule has 0 aliphatic rings. The van der Waals surface area contributed by atoms with E-state index in [1.54, 1.807) is 12.1 Å². The van der Waals surface area contributed by atoms with Crippen LogP contribution in [0.1, 0.15) is 45.5 Å². The Morgan fingerprint density at radius 2 is 1.48 bits per heavy atom. The Hall–Kier alpha value is -2.50. The lowest BCUT2D eigenvalue weighted by Crippen LogP contribution is -1.94. The van der Waals surface area contributed by atoms with E-state index in [2.05, 4.69) is 17.0 Å². The zero-order valence-corrected chi connectivity index (χ0v) is 11.7. The molecule has 1 aromatic rings. The highest BCUT2D eigenvalue weighted by Crippen LogP contribution is 2.06. The smallest absolute Gasteiger partial charge is 0.150 e. The third kappa shape index (κ3) is 7.00. The van der Waals surface area contributed by atoms with Crippen LogP contribution in [-0.4, -0.2) is 38.7 Å². The lowest BCUT2D eigenvalue weighted by molar-refractivity contribution is 0.112. The van der Waals surface area contributed by atoms with Crippen LogP contribution < -0.4 is 0 Å². The molecule has 1 rings (SSSR count). The first-order valence-electron chi connectivity index (χ1n) is 6.59. The SMILES string of the molecule is C=NOCCCCCON=Cc1cc(C=O)cc(C=O)c1. The summed E-state index contributed by atoms with van der Waals surface area (Å²) >= 11 is 0. The Morgan fingerprint density at radius 3 is 2.05 bits per heavy atom. The molecule has 0 aliphatic carbocycles. The molecule has 6 nitrogen and oxygen atoms in total. The molecule has 0 spiro atoms. The first-order chi connectivity index (χ1) is 10.3. The van der Waals surface area contributed by atoms with Crippen LogP contribution in [0, 0.1) is 0 Å². The highest BCUT2D eigenvalue weighted by atomic mass is 16.6. The molecule has 0 N–H and O–H groups in total. The number of aldehydes is 2. The highest BCUT2D eigenvalue weighted by molar-refractivity contribution is 5.89. The van der Waals surface area contributed by atoms with Crippen LogP contribution in [0.15, 0.2) is 28.5 Å². The van der Waals surface area contributed by atoms with E-state index < -0.39 is 0 Å². The summed E-state index contributed by atoms with van der Waals surface area (Å²) < 4.78 is 0. The van der Waals surface area contributed by atoms with Crippen molar-refractivity contribution in [2.75, 3.05) is 13.2 Å². The summed E-state index contributed by atoms with van der Waals surface area (Å²) in [4.78, 5) is 31.3. The zero-order valence-electron chi connectivity index (χ0n) is 11.7. The second-order valence-electron chi connectivity index (χ2n) is 4.26. The Labute approximate surface area is 123 Å². The fourth-order valence-electron chi connectivity index (χ4n) is 1.64. The van der Waals surface area contributed by atoms with Crippen LogP contribution in [0.3, 0.4) is 0 Å². The van der Waals surface area contributed by atoms with Crippen molar-refractivity contribution in [3.63, 3.8) is 0 Å². The lowest BCUT2D eigenvalue weighted by Gasteiger charge is -2.00. The van der Waals surface area contributed by atoms with Gasteiger partial charge in [0, 0.05) is 17.8 Å². The van der Waals surface area contributed by atoms with E-state index in [9.17, 15) is 9.59 Å². The molecule has 0 radical (unpaired) electrons. The minimum atomic E-state index is 0.428. The van der Waals surface area contributed by atoms with Crippen LogP contribution in [0.2, 0.25) is 0 Å². The number of hydrogen-bond donors (Lipinski definition) is 0. The van der Waals surface area contributed by atoms with Crippen molar-refractivity contribution in [1.82, 2.24) is 0 Å². The molecular formula is C15H18N2O4. The molecule has 0 fully saturated rings. The third-order valence-electron chi connectivity index (χ3n) is 2.61. The molecule has 0 atom stereocenters. The standard InChI is InChI=1S/C15H18N2O4/c1-16-20-5-3-2-4-6-21-17-10-13-7-14(11-18)9-15(8-13)12-19/h7-12H,1-6H2. The summed E-state index contributed by atoms with van der Waals surface area (Å²) in [5.74, 6) is 0. The van der Waals surface area contributed by atoms with Gasteiger partial charge in [-0.3, -0.25) is 9.59 Å². The van der Waals surface area contributed by atoms with Gasteiger partial charge in [0.15, 0.2) is 0 Å². The van der Waals surface area contributed by atoms with Crippen LogP contribution in [-0.2, 0) is 9.68 Å². The minimum Gasteiger partial charge on any atom is -0.396 e. The molecule has 21 heavy (non-hydrogen) atoms. The number of carbonyl (C=O) groups is 2. The topological polar surface area (TPSA) is 77.3 Å². The molecule has 0 aliphatic heterocycles. The van der Waals surface area contributed by atoms with E-state index in [0.29, 0.717) is 42.5 Å². The first kappa shape index (κ1) is 16.6. The van der Waals surface area contributed by atoms with E-state index in [1.807, 2.05) is 0 Å². The molecule has 0 saturated carbocycles. The summed E-state index contributed by atoms with van der Waals surface area (Å²) in [6, 6.07) is 4.78. The van der Waals surface area contributed by atoms with E-state index in [1.165, 1.54) is 12.3 Å².